The molecule has 2 aliphatic rings. The molecule has 2 saturated heterocycles. The van der Waals surface area contributed by atoms with E-state index < -0.39 is 23.8 Å². The number of rotatable bonds is 6. The van der Waals surface area contributed by atoms with Gasteiger partial charge in [0.25, 0.3) is 0 Å². The van der Waals surface area contributed by atoms with Gasteiger partial charge in [-0.25, -0.2) is 9.48 Å². The number of carbonyl (C=O) groups excluding carboxylic acids is 2. The number of halogens is 2. The minimum Gasteiger partial charge on any atom is -0.480 e. The lowest BCUT2D eigenvalue weighted by Crippen LogP contribution is -2.59. The summed E-state index contributed by atoms with van der Waals surface area (Å²) in [4.78, 5) is 40.4. The Kier molecular flexibility index (Phi) is 6.63. The van der Waals surface area contributed by atoms with E-state index in [0.29, 0.717) is 23.0 Å². The number of amides is 2. The number of benzene rings is 1. The van der Waals surface area contributed by atoms with Crippen molar-refractivity contribution in [2.24, 2.45) is 0 Å². The first-order valence-corrected chi connectivity index (χ1v) is 10.9. The summed E-state index contributed by atoms with van der Waals surface area (Å²) in [6, 6.07) is 3.65. The Bertz CT molecular complexity index is 1040. The number of aliphatic carboxylic acids is 1. The van der Waals surface area contributed by atoms with Crippen LogP contribution in [0.1, 0.15) is 25.7 Å². The van der Waals surface area contributed by atoms with Gasteiger partial charge in [0.1, 0.15) is 19.1 Å². The van der Waals surface area contributed by atoms with Gasteiger partial charge in [0.2, 0.25) is 11.8 Å². The summed E-state index contributed by atoms with van der Waals surface area (Å²) in [5.41, 5.74) is 0.799. The summed E-state index contributed by atoms with van der Waals surface area (Å²) in [7, 11) is 0. The molecule has 1 N–H and O–H groups in total. The fourth-order valence-corrected chi connectivity index (χ4v) is 4.30. The topological polar surface area (TPSA) is 118 Å². The minimum atomic E-state index is -1.16. The number of nitrogens with zero attached hydrogens (tertiary/aromatic N) is 5. The van der Waals surface area contributed by atoms with E-state index in [1.54, 1.807) is 12.1 Å². The molecule has 2 amide bonds. The van der Waals surface area contributed by atoms with E-state index in [4.69, 9.17) is 27.9 Å². The van der Waals surface area contributed by atoms with Crippen molar-refractivity contribution in [3.05, 3.63) is 34.6 Å². The van der Waals surface area contributed by atoms with E-state index in [0.717, 1.165) is 24.2 Å². The van der Waals surface area contributed by atoms with E-state index >= 15 is 0 Å². The number of carboxylic acid groups (broad SMARTS) is 1. The van der Waals surface area contributed by atoms with Gasteiger partial charge < -0.3 is 14.7 Å². The normalized spacial score (nSPS) is 20.5. The van der Waals surface area contributed by atoms with Gasteiger partial charge in [-0.05, 0) is 37.5 Å². The molecule has 0 spiro atoms. The largest absolute Gasteiger partial charge is 0.480 e. The van der Waals surface area contributed by atoms with E-state index in [9.17, 15) is 19.5 Å². The molecule has 1 aromatic carbocycles. The summed E-state index contributed by atoms with van der Waals surface area (Å²) in [6.07, 6.45) is 3.97. The second kappa shape index (κ2) is 9.43. The predicted octanol–water partition coefficient (Wildman–Crippen LogP) is 2.16. The maximum Gasteiger partial charge on any atom is 0.326 e. The predicted molar refractivity (Wildman–Crippen MR) is 115 cm³/mol. The fraction of sp³-hybridized carbons (Fsp3) is 0.450. The van der Waals surface area contributed by atoms with Gasteiger partial charge in [0.15, 0.2) is 5.15 Å². The third-order valence-electron chi connectivity index (χ3n) is 5.58. The molecule has 2 unspecified atom stereocenters. The Morgan fingerprint density at radius 1 is 1.19 bits per heavy atom. The maximum atomic E-state index is 13.1. The van der Waals surface area contributed by atoms with Crippen LogP contribution in [0, 0.1) is 0 Å². The van der Waals surface area contributed by atoms with Crippen LogP contribution in [0.3, 0.4) is 0 Å². The standard InChI is InChI=1S/C20H21Cl2N5O5/c21-12-4-5-14(27-9-17(22)23-24-27)15(7-12)25-10-19(29)26(11-18(25)28)16(20(30)31)8-13-3-1-2-6-32-13/h4-5,7,9,13,16H,1-3,6,8,10-11H2,(H,30,31). The first-order valence-electron chi connectivity index (χ1n) is 10.2. The second-order valence-corrected chi connectivity index (χ2v) is 8.52. The van der Waals surface area contributed by atoms with Crippen LogP contribution in [0.5, 0.6) is 0 Å². The van der Waals surface area contributed by atoms with Crippen molar-refractivity contribution >= 4 is 46.7 Å². The average molecular weight is 482 g/mol. The molecule has 0 radical (unpaired) electrons. The van der Waals surface area contributed by atoms with Gasteiger partial charge in [0, 0.05) is 18.1 Å². The first-order chi connectivity index (χ1) is 15.3. The molecule has 170 valence electrons. The van der Waals surface area contributed by atoms with Gasteiger partial charge in [0.05, 0.1) is 23.7 Å². The molecule has 2 fully saturated rings. The van der Waals surface area contributed by atoms with Gasteiger partial charge in [-0.15, -0.1) is 5.10 Å². The number of aromatic nitrogens is 3. The van der Waals surface area contributed by atoms with Crippen LogP contribution < -0.4 is 4.90 Å². The number of carbonyl (C=O) groups is 3. The maximum absolute atomic E-state index is 13.1. The van der Waals surface area contributed by atoms with Crippen LogP contribution in [0.4, 0.5) is 5.69 Å². The van der Waals surface area contributed by atoms with Crippen molar-refractivity contribution in [3.63, 3.8) is 0 Å². The molecule has 0 saturated carbocycles. The highest BCUT2D eigenvalue weighted by Crippen LogP contribution is 2.30. The fourth-order valence-electron chi connectivity index (χ4n) is 4.01. The Morgan fingerprint density at radius 3 is 2.66 bits per heavy atom. The third-order valence-corrected chi connectivity index (χ3v) is 5.99. The zero-order valence-corrected chi connectivity index (χ0v) is 18.5. The number of carboxylic acids is 1. The molecule has 3 heterocycles. The summed E-state index contributed by atoms with van der Waals surface area (Å²) >= 11 is 12.0. The van der Waals surface area contributed by atoms with E-state index in [2.05, 4.69) is 10.3 Å². The number of anilines is 1. The third kappa shape index (κ3) is 4.72. The summed E-state index contributed by atoms with van der Waals surface area (Å²) < 4.78 is 7.02. The molecule has 0 aliphatic carbocycles. The number of hydrogen-bond donors (Lipinski definition) is 1. The molecular weight excluding hydrogens is 461 g/mol. The Labute approximate surface area is 193 Å². The highest BCUT2D eigenvalue weighted by atomic mass is 35.5. The van der Waals surface area contributed by atoms with Gasteiger partial charge in [-0.2, -0.15) is 0 Å². The molecule has 2 atom stereocenters. The molecule has 2 aliphatic heterocycles. The molecule has 2 aromatic rings. The van der Waals surface area contributed by atoms with Crippen LogP contribution >= 0.6 is 23.2 Å². The van der Waals surface area contributed by atoms with E-state index in [1.165, 1.54) is 21.8 Å². The van der Waals surface area contributed by atoms with Gasteiger partial charge in [-0.3, -0.25) is 14.5 Å². The van der Waals surface area contributed by atoms with Gasteiger partial charge >= 0.3 is 5.97 Å². The van der Waals surface area contributed by atoms with Gasteiger partial charge in [-0.1, -0.05) is 28.4 Å². The smallest absolute Gasteiger partial charge is 0.326 e. The molecule has 0 bridgehead atoms. The average Bonchev–Trinajstić information content (AvgIpc) is 3.20. The lowest BCUT2D eigenvalue weighted by Gasteiger charge is -2.38. The summed E-state index contributed by atoms with van der Waals surface area (Å²) in [6.45, 7) is -0.127. The summed E-state index contributed by atoms with van der Waals surface area (Å²) in [5, 5.41) is 17.9. The highest BCUT2D eigenvalue weighted by molar-refractivity contribution is 6.31. The molecule has 1 aromatic heterocycles. The monoisotopic (exact) mass is 481 g/mol. The Morgan fingerprint density at radius 2 is 2.00 bits per heavy atom. The van der Waals surface area contributed by atoms with Crippen molar-refractivity contribution < 1.29 is 24.2 Å². The van der Waals surface area contributed by atoms with E-state index in [-0.39, 0.29) is 30.8 Å². The van der Waals surface area contributed by atoms with Crippen LogP contribution in [-0.4, -0.2) is 74.6 Å². The number of ether oxygens (including phenoxy) is 1. The lowest BCUT2D eigenvalue weighted by molar-refractivity contribution is -0.154. The molecule has 10 nitrogen and oxygen atoms in total. The van der Waals surface area contributed by atoms with Crippen molar-refractivity contribution in [1.82, 2.24) is 19.9 Å². The Hall–Kier alpha value is -2.69. The first kappa shape index (κ1) is 22.5. The van der Waals surface area contributed by atoms with Crippen molar-refractivity contribution in [2.45, 2.75) is 37.8 Å². The van der Waals surface area contributed by atoms with Crippen molar-refractivity contribution in [3.8, 4) is 5.69 Å². The molecule has 12 heteroatoms. The van der Waals surface area contributed by atoms with Crippen molar-refractivity contribution in [2.75, 3.05) is 24.6 Å². The molecule has 32 heavy (non-hydrogen) atoms. The number of hydrogen-bond acceptors (Lipinski definition) is 6. The lowest BCUT2D eigenvalue weighted by atomic mass is 10.00. The SMILES string of the molecule is O=C(O)C(CC1CCCCO1)N1CC(=O)N(c2cc(Cl)ccc2-n2cc(Cl)nn2)CC1=O. The Balaban J connectivity index is 1.58. The van der Waals surface area contributed by atoms with Crippen LogP contribution in [0.2, 0.25) is 10.2 Å². The highest BCUT2D eigenvalue weighted by Gasteiger charge is 2.40. The zero-order chi connectivity index (χ0) is 22.8. The van der Waals surface area contributed by atoms with Crippen LogP contribution in [0.15, 0.2) is 24.4 Å². The molecule has 4 rings (SSSR count). The second-order valence-electron chi connectivity index (χ2n) is 7.70. The van der Waals surface area contributed by atoms with Crippen LogP contribution in [0.25, 0.3) is 5.69 Å². The summed E-state index contributed by atoms with van der Waals surface area (Å²) in [5.74, 6) is -2.07. The van der Waals surface area contributed by atoms with Crippen molar-refractivity contribution in [1.29, 1.82) is 0 Å². The quantitative estimate of drug-likeness (QED) is 0.671. The number of piperazine rings is 1. The zero-order valence-electron chi connectivity index (χ0n) is 17.0. The minimum absolute atomic E-state index is 0.147. The van der Waals surface area contributed by atoms with Crippen LogP contribution in [-0.2, 0) is 19.1 Å². The van der Waals surface area contributed by atoms with E-state index in [1.807, 2.05) is 0 Å². The molecular formula is C20H21Cl2N5O5.